The molecule has 0 saturated carbocycles. The van der Waals surface area contributed by atoms with Gasteiger partial charge in [-0.2, -0.15) is 13.2 Å². The maximum absolute atomic E-state index is 13.7. The first kappa shape index (κ1) is 24.2. The summed E-state index contributed by atoms with van der Waals surface area (Å²) in [5.41, 5.74) is -5.99. The third-order valence-corrected chi connectivity index (χ3v) is 5.27. The minimum absolute atomic E-state index is 0.0455. The minimum atomic E-state index is -5.10. The summed E-state index contributed by atoms with van der Waals surface area (Å²) in [5.74, 6) is -3.25. The van der Waals surface area contributed by atoms with Gasteiger partial charge in [0.25, 0.3) is 5.56 Å². The molecule has 0 aliphatic heterocycles. The molecule has 0 aliphatic carbocycles. The largest absolute Gasteiger partial charge is 0.481 e. The van der Waals surface area contributed by atoms with Crippen LogP contribution >= 0.6 is 11.6 Å². The van der Waals surface area contributed by atoms with Gasteiger partial charge in [0, 0.05) is 13.5 Å². The summed E-state index contributed by atoms with van der Waals surface area (Å²) in [6.07, 6.45) is -5.03. The van der Waals surface area contributed by atoms with E-state index in [2.05, 4.69) is 0 Å². The number of carbonyl (C=O) groups is 2. The van der Waals surface area contributed by atoms with Crippen LogP contribution in [0.2, 0.25) is 5.02 Å². The maximum Gasteiger partial charge on any atom is 0.432 e. The van der Waals surface area contributed by atoms with Crippen molar-refractivity contribution in [2.45, 2.75) is 38.3 Å². The second kappa shape index (κ2) is 8.96. The zero-order chi connectivity index (χ0) is 23.7. The molecule has 31 heavy (non-hydrogen) atoms. The first-order chi connectivity index (χ1) is 14.3. The molecule has 1 aromatic carbocycles. The number of H-pyrrole nitrogens is 1. The maximum atomic E-state index is 13.7. The van der Waals surface area contributed by atoms with Crippen LogP contribution in [0.5, 0.6) is 0 Å². The first-order valence-electron chi connectivity index (χ1n) is 8.98. The van der Waals surface area contributed by atoms with Crippen LogP contribution in [-0.2, 0) is 18.0 Å². The summed E-state index contributed by atoms with van der Waals surface area (Å²) >= 11 is 6.19. The van der Waals surface area contributed by atoms with Gasteiger partial charge >= 0.3 is 23.8 Å². The summed E-state index contributed by atoms with van der Waals surface area (Å²) in [5, 5.41) is 18.2. The Hall–Kier alpha value is -3.08. The van der Waals surface area contributed by atoms with E-state index in [-0.39, 0.29) is 28.0 Å². The van der Waals surface area contributed by atoms with Crippen LogP contribution in [0.1, 0.15) is 53.7 Å². The number of nitrogens with one attached hydrogen (secondary N) is 1. The van der Waals surface area contributed by atoms with E-state index in [1.165, 1.54) is 0 Å². The van der Waals surface area contributed by atoms with E-state index in [4.69, 9.17) is 16.7 Å². The molecule has 3 N–H and O–H groups in total. The predicted molar refractivity (Wildman–Crippen MR) is 105 cm³/mol. The Morgan fingerprint density at radius 1 is 1.23 bits per heavy atom. The number of alkyl halides is 3. The summed E-state index contributed by atoms with van der Waals surface area (Å²) in [6, 6.07) is 1.96. The van der Waals surface area contributed by atoms with Gasteiger partial charge in [-0.25, -0.2) is 9.59 Å². The van der Waals surface area contributed by atoms with Crippen molar-refractivity contribution in [2.24, 2.45) is 7.05 Å². The fraction of sp³-hybridized carbons (Fsp3) is 0.368. The van der Waals surface area contributed by atoms with Gasteiger partial charge in [0.1, 0.15) is 5.69 Å². The van der Waals surface area contributed by atoms with Crippen molar-refractivity contribution < 1.29 is 33.0 Å². The first-order valence-corrected chi connectivity index (χ1v) is 9.36. The van der Waals surface area contributed by atoms with Gasteiger partial charge in [-0.05, 0) is 42.0 Å². The molecule has 0 bridgehead atoms. The van der Waals surface area contributed by atoms with Crippen LogP contribution < -0.4 is 11.2 Å². The molecule has 2 rings (SSSR count). The van der Waals surface area contributed by atoms with E-state index in [9.17, 15) is 37.5 Å². The van der Waals surface area contributed by atoms with Crippen molar-refractivity contribution in [3.05, 3.63) is 54.8 Å². The van der Waals surface area contributed by atoms with Crippen molar-refractivity contribution >= 4 is 23.5 Å². The Morgan fingerprint density at radius 3 is 2.32 bits per heavy atom. The van der Waals surface area contributed by atoms with Gasteiger partial charge in [0.2, 0.25) is 0 Å². The normalized spacial score (nSPS) is 12.6. The molecule has 1 unspecified atom stereocenters. The van der Waals surface area contributed by atoms with Crippen LogP contribution in [0.3, 0.4) is 0 Å². The van der Waals surface area contributed by atoms with Crippen molar-refractivity contribution in [2.75, 3.05) is 0 Å². The third kappa shape index (κ3) is 4.98. The number of hydrogen-bond acceptors (Lipinski definition) is 4. The van der Waals surface area contributed by atoms with E-state index < -0.39 is 57.7 Å². The van der Waals surface area contributed by atoms with Gasteiger partial charge in [0.05, 0.1) is 16.1 Å². The lowest BCUT2D eigenvalue weighted by molar-refractivity contribution is -0.143. The number of aliphatic carboxylic acids is 1. The standard InChI is InChI=1S/C19H18ClF3N2O6/c1-3-8(4-5-12(26)27)10-6-9(7-11(14(10)20)17(29)30)13-15(19(21,22)23)25(2)18(31)24-16(13)28/h6-8H,3-5H2,1-2H3,(H,26,27)(H,29,30)(H,24,28,31). The molecule has 0 aliphatic rings. The Labute approximate surface area is 177 Å². The number of aromatic amines is 1. The zero-order valence-corrected chi connectivity index (χ0v) is 17.1. The lowest BCUT2D eigenvalue weighted by atomic mass is 9.87. The number of halogens is 4. The average molecular weight is 463 g/mol. The predicted octanol–water partition coefficient (Wildman–Crippen LogP) is 3.47. The number of aromatic nitrogens is 2. The Bertz CT molecular complexity index is 1150. The van der Waals surface area contributed by atoms with E-state index in [1.54, 1.807) is 11.9 Å². The second-order valence-corrected chi connectivity index (χ2v) is 7.19. The second-order valence-electron chi connectivity index (χ2n) is 6.81. The molecule has 1 atom stereocenters. The van der Waals surface area contributed by atoms with E-state index in [0.29, 0.717) is 6.42 Å². The molecule has 2 aromatic rings. The van der Waals surface area contributed by atoms with Crippen LogP contribution in [0.25, 0.3) is 11.1 Å². The summed E-state index contributed by atoms with van der Waals surface area (Å²) in [7, 11) is 0.821. The Balaban J connectivity index is 2.92. The van der Waals surface area contributed by atoms with Crippen LogP contribution in [0.4, 0.5) is 13.2 Å². The number of rotatable bonds is 7. The number of carboxylic acids is 2. The molecule has 1 heterocycles. The topological polar surface area (TPSA) is 129 Å². The molecular formula is C19H18ClF3N2O6. The van der Waals surface area contributed by atoms with Gasteiger partial charge in [0.15, 0.2) is 0 Å². The highest BCUT2D eigenvalue weighted by Crippen LogP contribution is 2.39. The minimum Gasteiger partial charge on any atom is -0.481 e. The van der Waals surface area contributed by atoms with Gasteiger partial charge in [-0.15, -0.1) is 0 Å². The summed E-state index contributed by atoms with van der Waals surface area (Å²) in [6.45, 7) is 1.68. The number of benzene rings is 1. The average Bonchev–Trinajstić information content (AvgIpc) is 2.64. The number of hydrogen-bond donors (Lipinski definition) is 3. The van der Waals surface area contributed by atoms with Crippen LogP contribution in [-0.4, -0.2) is 31.7 Å². The number of nitrogens with zero attached hydrogens (tertiary/aromatic N) is 1. The highest BCUT2D eigenvalue weighted by Gasteiger charge is 2.39. The molecule has 0 amide bonds. The molecule has 0 fully saturated rings. The highest BCUT2D eigenvalue weighted by molar-refractivity contribution is 6.34. The van der Waals surface area contributed by atoms with Gasteiger partial charge in [-0.3, -0.25) is 19.1 Å². The molecular weight excluding hydrogens is 445 g/mol. The summed E-state index contributed by atoms with van der Waals surface area (Å²) in [4.78, 5) is 48.5. The molecule has 1 aromatic heterocycles. The molecule has 0 radical (unpaired) electrons. The lowest BCUT2D eigenvalue weighted by Gasteiger charge is -2.20. The van der Waals surface area contributed by atoms with Crippen LogP contribution in [0, 0.1) is 0 Å². The monoisotopic (exact) mass is 462 g/mol. The highest BCUT2D eigenvalue weighted by atomic mass is 35.5. The number of carboxylic acid groups (broad SMARTS) is 2. The van der Waals surface area contributed by atoms with Crippen molar-refractivity contribution in [1.29, 1.82) is 0 Å². The smallest absolute Gasteiger partial charge is 0.432 e. The van der Waals surface area contributed by atoms with E-state index >= 15 is 0 Å². The third-order valence-electron chi connectivity index (χ3n) is 4.85. The SMILES string of the molecule is CCC(CCC(=O)O)c1cc(-c2c(C(F)(F)F)n(C)c(=O)[nH]c2=O)cc(C(=O)O)c1Cl. The fourth-order valence-corrected chi connectivity index (χ4v) is 3.69. The molecule has 168 valence electrons. The van der Waals surface area contributed by atoms with Crippen LogP contribution in [0.15, 0.2) is 21.7 Å². The van der Waals surface area contributed by atoms with Crippen molar-refractivity contribution in [3.8, 4) is 11.1 Å². The van der Waals surface area contributed by atoms with E-state index in [0.717, 1.165) is 19.2 Å². The number of aromatic carboxylic acids is 1. The lowest BCUT2D eigenvalue weighted by Crippen LogP contribution is -2.35. The van der Waals surface area contributed by atoms with E-state index in [1.807, 2.05) is 0 Å². The molecule has 0 saturated heterocycles. The van der Waals surface area contributed by atoms with Crippen molar-refractivity contribution in [1.82, 2.24) is 9.55 Å². The Morgan fingerprint density at radius 2 is 1.84 bits per heavy atom. The van der Waals surface area contributed by atoms with Gasteiger partial charge < -0.3 is 10.2 Å². The Kier molecular flexibility index (Phi) is 6.99. The fourth-order valence-electron chi connectivity index (χ4n) is 3.34. The molecule has 8 nitrogen and oxygen atoms in total. The molecule has 0 spiro atoms. The zero-order valence-electron chi connectivity index (χ0n) is 16.3. The summed E-state index contributed by atoms with van der Waals surface area (Å²) < 4.78 is 41.3. The quantitative estimate of drug-likeness (QED) is 0.577. The van der Waals surface area contributed by atoms with Gasteiger partial charge in [-0.1, -0.05) is 18.5 Å². The van der Waals surface area contributed by atoms with Crippen molar-refractivity contribution in [3.63, 3.8) is 0 Å². The molecule has 12 heteroatoms.